The number of carbonyl (C=O) groups is 1. The standard InChI is InChI=1S/C34H43F2N3O5S/c1-21(2)39(22(3)4)19-26-15-23(11-14-28(26)29-17-31(43-6)37-18-30(29)35)20-44-27-10-8-9-25(16-27)32(24-12-13-24)34(5,36)33(40)38-45(7,41)42/h8-11,14-18,21-22,24,32H,12-13,19-20H2,1-7H3,(H,38,40). The molecule has 11 heteroatoms. The first kappa shape index (κ1) is 34.3. The number of methoxy groups -OCH3 is 1. The minimum Gasteiger partial charge on any atom is -0.489 e. The molecule has 1 fully saturated rings. The van der Waals surface area contributed by atoms with Crippen LogP contribution in [-0.2, 0) is 28.0 Å². The maximum absolute atomic E-state index is 16.0. The van der Waals surface area contributed by atoms with Crippen LogP contribution in [0.15, 0.2) is 54.7 Å². The molecule has 0 aliphatic heterocycles. The van der Waals surface area contributed by atoms with Gasteiger partial charge in [-0.05, 0) is 87.8 Å². The summed E-state index contributed by atoms with van der Waals surface area (Å²) in [5.74, 6) is -1.75. The van der Waals surface area contributed by atoms with E-state index >= 15 is 8.78 Å². The van der Waals surface area contributed by atoms with Gasteiger partial charge in [0.15, 0.2) is 5.67 Å². The van der Waals surface area contributed by atoms with E-state index in [0.717, 1.165) is 48.9 Å². The first-order chi connectivity index (χ1) is 21.1. The van der Waals surface area contributed by atoms with E-state index in [2.05, 4.69) is 37.6 Å². The van der Waals surface area contributed by atoms with Crippen molar-refractivity contribution in [1.82, 2.24) is 14.6 Å². The summed E-state index contributed by atoms with van der Waals surface area (Å²) in [7, 11) is -2.43. The molecular weight excluding hydrogens is 600 g/mol. The minimum atomic E-state index is -3.92. The SMILES string of the molecule is COc1cc(-c2ccc(COc3cccc(C(C4CC4)C(C)(F)C(=O)NS(C)(=O)=O)c3)cc2CN(C(C)C)C(C)C)c(F)cn1. The van der Waals surface area contributed by atoms with E-state index < -0.39 is 33.3 Å². The maximum Gasteiger partial charge on any atom is 0.271 e. The fraction of sp³-hybridized carbons (Fsp3) is 0.471. The van der Waals surface area contributed by atoms with Crippen molar-refractivity contribution in [2.24, 2.45) is 5.92 Å². The largest absolute Gasteiger partial charge is 0.489 e. The van der Waals surface area contributed by atoms with E-state index in [1.165, 1.54) is 7.11 Å². The molecule has 244 valence electrons. The van der Waals surface area contributed by atoms with Crippen molar-refractivity contribution in [1.29, 1.82) is 0 Å². The third-order valence-corrected chi connectivity index (χ3v) is 8.76. The van der Waals surface area contributed by atoms with Crippen molar-refractivity contribution in [3.8, 4) is 22.8 Å². The highest BCUT2D eigenvalue weighted by atomic mass is 32.2. The first-order valence-corrected chi connectivity index (χ1v) is 17.0. The van der Waals surface area contributed by atoms with E-state index in [1.54, 1.807) is 35.1 Å². The third-order valence-electron chi connectivity index (χ3n) is 8.20. The highest BCUT2D eigenvalue weighted by Crippen LogP contribution is 2.50. The second-order valence-electron chi connectivity index (χ2n) is 12.5. The summed E-state index contributed by atoms with van der Waals surface area (Å²) in [6, 6.07) is 14.8. The Bertz CT molecular complexity index is 1620. The molecule has 0 saturated heterocycles. The zero-order valence-electron chi connectivity index (χ0n) is 26.9. The second-order valence-corrected chi connectivity index (χ2v) is 14.3. The smallest absolute Gasteiger partial charge is 0.271 e. The van der Waals surface area contributed by atoms with Crippen LogP contribution in [0.3, 0.4) is 0 Å². The lowest BCUT2D eigenvalue weighted by molar-refractivity contribution is -0.131. The van der Waals surface area contributed by atoms with Gasteiger partial charge in [0.25, 0.3) is 5.91 Å². The number of nitrogens with zero attached hydrogens (tertiary/aromatic N) is 2. The van der Waals surface area contributed by atoms with Crippen LogP contribution < -0.4 is 14.2 Å². The number of sulfonamides is 1. The van der Waals surface area contributed by atoms with Gasteiger partial charge in [-0.2, -0.15) is 0 Å². The van der Waals surface area contributed by atoms with Crippen LogP contribution in [0.25, 0.3) is 11.1 Å². The van der Waals surface area contributed by atoms with E-state index in [0.29, 0.717) is 29.3 Å². The molecule has 1 aliphatic carbocycles. The lowest BCUT2D eigenvalue weighted by atomic mass is 9.80. The lowest BCUT2D eigenvalue weighted by Gasteiger charge is -2.31. The molecule has 2 unspecified atom stereocenters. The number of rotatable bonds is 14. The van der Waals surface area contributed by atoms with E-state index in [4.69, 9.17) is 9.47 Å². The summed E-state index contributed by atoms with van der Waals surface area (Å²) in [6.45, 7) is 10.4. The lowest BCUT2D eigenvalue weighted by Crippen LogP contribution is -2.47. The van der Waals surface area contributed by atoms with Gasteiger partial charge in [0.05, 0.1) is 19.6 Å². The minimum absolute atomic E-state index is 0.0901. The number of benzene rings is 2. The average molecular weight is 644 g/mol. The molecule has 2 aromatic carbocycles. The summed E-state index contributed by atoms with van der Waals surface area (Å²) in [4.78, 5) is 19.0. The molecule has 1 aliphatic rings. The van der Waals surface area contributed by atoms with Crippen molar-refractivity contribution < 1.29 is 31.5 Å². The van der Waals surface area contributed by atoms with Gasteiger partial charge < -0.3 is 9.47 Å². The number of nitrogens with one attached hydrogen (secondary N) is 1. The highest BCUT2D eigenvalue weighted by Gasteiger charge is 2.50. The van der Waals surface area contributed by atoms with Crippen molar-refractivity contribution >= 4 is 15.9 Å². The van der Waals surface area contributed by atoms with Gasteiger partial charge in [-0.15, -0.1) is 0 Å². The number of pyridine rings is 1. The topological polar surface area (TPSA) is 97.8 Å². The molecule has 2 atom stereocenters. The fourth-order valence-corrected chi connectivity index (χ4v) is 6.39. The van der Waals surface area contributed by atoms with Crippen LogP contribution in [0.4, 0.5) is 8.78 Å². The van der Waals surface area contributed by atoms with E-state index in [1.807, 2.05) is 18.2 Å². The Hall–Kier alpha value is -3.57. The molecule has 45 heavy (non-hydrogen) atoms. The summed E-state index contributed by atoms with van der Waals surface area (Å²) in [5, 5.41) is 0. The summed E-state index contributed by atoms with van der Waals surface area (Å²) < 4.78 is 67.6. The number of aromatic nitrogens is 1. The summed E-state index contributed by atoms with van der Waals surface area (Å²) in [6.07, 6.45) is 3.47. The van der Waals surface area contributed by atoms with Gasteiger partial charge in [0, 0.05) is 36.2 Å². The Morgan fingerprint density at radius 2 is 1.78 bits per heavy atom. The number of halogens is 2. The van der Waals surface area contributed by atoms with Gasteiger partial charge >= 0.3 is 0 Å². The third kappa shape index (κ3) is 8.58. The zero-order valence-corrected chi connectivity index (χ0v) is 27.8. The molecule has 1 amide bonds. The number of carbonyl (C=O) groups excluding carboxylic acids is 1. The van der Waals surface area contributed by atoms with Crippen LogP contribution >= 0.6 is 0 Å². The first-order valence-electron chi connectivity index (χ1n) is 15.1. The Morgan fingerprint density at radius 1 is 1.09 bits per heavy atom. The quantitative estimate of drug-likeness (QED) is 0.217. The predicted octanol–water partition coefficient (Wildman–Crippen LogP) is 6.39. The van der Waals surface area contributed by atoms with Gasteiger partial charge in [0.2, 0.25) is 15.9 Å². The molecule has 1 aromatic heterocycles. The maximum atomic E-state index is 16.0. The van der Waals surface area contributed by atoms with Gasteiger partial charge in [-0.1, -0.05) is 30.3 Å². The van der Waals surface area contributed by atoms with Crippen LogP contribution in [0.2, 0.25) is 0 Å². The molecule has 1 N–H and O–H groups in total. The van der Waals surface area contributed by atoms with Crippen LogP contribution in [0.1, 0.15) is 70.1 Å². The molecule has 1 saturated carbocycles. The Morgan fingerprint density at radius 3 is 2.38 bits per heavy atom. The highest BCUT2D eigenvalue weighted by molar-refractivity contribution is 7.89. The molecule has 8 nitrogen and oxygen atoms in total. The number of amides is 1. The summed E-state index contributed by atoms with van der Waals surface area (Å²) in [5.41, 5.74) is 1.01. The van der Waals surface area contributed by atoms with Crippen molar-refractivity contribution in [3.05, 3.63) is 77.2 Å². The zero-order chi connectivity index (χ0) is 33.1. The van der Waals surface area contributed by atoms with Crippen molar-refractivity contribution in [3.63, 3.8) is 0 Å². The predicted molar refractivity (Wildman–Crippen MR) is 171 cm³/mol. The van der Waals surface area contributed by atoms with Crippen LogP contribution in [0, 0.1) is 11.7 Å². The number of alkyl halides is 1. The van der Waals surface area contributed by atoms with E-state index in [9.17, 15) is 13.2 Å². The molecule has 0 bridgehead atoms. The molecule has 1 heterocycles. The van der Waals surface area contributed by atoms with Crippen molar-refractivity contribution in [2.45, 2.75) is 84.3 Å². The molecule has 0 spiro atoms. The number of ether oxygens (including phenoxy) is 2. The van der Waals surface area contributed by atoms with Gasteiger partial charge in [0.1, 0.15) is 18.2 Å². The molecule has 3 aromatic rings. The van der Waals surface area contributed by atoms with Crippen LogP contribution in [0.5, 0.6) is 11.6 Å². The monoisotopic (exact) mass is 643 g/mol. The number of hydrogen-bond donors (Lipinski definition) is 1. The number of hydrogen-bond acceptors (Lipinski definition) is 7. The van der Waals surface area contributed by atoms with Crippen LogP contribution in [-0.4, -0.2) is 55.3 Å². The average Bonchev–Trinajstić information content (AvgIpc) is 3.79. The second kappa shape index (κ2) is 13.8. The fourth-order valence-electron chi connectivity index (χ4n) is 5.86. The van der Waals surface area contributed by atoms with Crippen molar-refractivity contribution in [2.75, 3.05) is 13.4 Å². The Kier molecular flexibility index (Phi) is 10.5. The Balaban J connectivity index is 1.62. The van der Waals surface area contributed by atoms with Gasteiger partial charge in [-0.25, -0.2) is 22.2 Å². The molecule has 0 radical (unpaired) electrons. The molecular formula is C34H43F2N3O5S. The molecule has 4 rings (SSSR count). The normalized spacial score (nSPS) is 15.6. The van der Waals surface area contributed by atoms with E-state index in [-0.39, 0.29) is 24.6 Å². The summed E-state index contributed by atoms with van der Waals surface area (Å²) >= 11 is 0. The Labute approximate surface area is 265 Å². The van der Waals surface area contributed by atoms with Gasteiger partial charge in [-0.3, -0.25) is 14.4 Å².